The van der Waals surface area contributed by atoms with Gasteiger partial charge in [0.2, 0.25) is 5.78 Å². The molecule has 0 aliphatic carbocycles. The molecule has 0 amide bonds. The van der Waals surface area contributed by atoms with E-state index in [0.717, 1.165) is 16.7 Å². The van der Waals surface area contributed by atoms with Crippen molar-refractivity contribution in [1.29, 1.82) is 0 Å². The summed E-state index contributed by atoms with van der Waals surface area (Å²) in [5.74, 6) is -1.11. The summed E-state index contributed by atoms with van der Waals surface area (Å²) < 4.78 is 1.93. The zero-order valence-corrected chi connectivity index (χ0v) is 17.4. The summed E-state index contributed by atoms with van der Waals surface area (Å²) in [5.41, 5.74) is 4.50. The van der Waals surface area contributed by atoms with Crippen molar-refractivity contribution in [2.24, 2.45) is 5.92 Å². The number of allylic oxidation sites excluding steroid dienone is 1. The van der Waals surface area contributed by atoms with E-state index < -0.39 is 5.97 Å². The van der Waals surface area contributed by atoms with Crippen LogP contribution in [0.2, 0.25) is 0 Å². The molecular formula is C26H27NO3. The SMILES string of the molecule is CCC(Cc1cccc(/C=C/Cn2cccc2C(=O)c2ccc(C)cc2)c1)C(=O)O. The van der Waals surface area contributed by atoms with Gasteiger partial charge < -0.3 is 9.67 Å². The van der Waals surface area contributed by atoms with Gasteiger partial charge in [0, 0.05) is 18.3 Å². The number of hydrogen-bond acceptors (Lipinski definition) is 2. The van der Waals surface area contributed by atoms with Crippen LogP contribution in [0.15, 0.2) is 72.9 Å². The van der Waals surface area contributed by atoms with Gasteiger partial charge in [-0.15, -0.1) is 0 Å². The maximum absolute atomic E-state index is 12.8. The lowest BCUT2D eigenvalue weighted by molar-refractivity contribution is -0.141. The Hall–Kier alpha value is -3.40. The molecule has 1 unspecified atom stereocenters. The third-order valence-electron chi connectivity index (χ3n) is 5.26. The van der Waals surface area contributed by atoms with Crippen LogP contribution in [0.5, 0.6) is 0 Å². The number of benzene rings is 2. The molecule has 0 fully saturated rings. The van der Waals surface area contributed by atoms with Crippen LogP contribution in [0.1, 0.15) is 46.1 Å². The van der Waals surface area contributed by atoms with E-state index >= 15 is 0 Å². The molecule has 2 aromatic carbocycles. The van der Waals surface area contributed by atoms with Crippen LogP contribution in [-0.4, -0.2) is 21.4 Å². The number of rotatable bonds is 9. The summed E-state index contributed by atoms with van der Waals surface area (Å²) in [4.78, 5) is 24.1. The van der Waals surface area contributed by atoms with Gasteiger partial charge in [-0.05, 0) is 43.0 Å². The molecular weight excluding hydrogens is 374 g/mol. The molecule has 1 heterocycles. The number of nitrogens with zero attached hydrogens (tertiary/aromatic N) is 1. The highest BCUT2D eigenvalue weighted by atomic mass is 16.4. The number of aliphatic carboxylic acids is 1. The van der Waals surface area contributed by atoms with E-state index in [1.165, 1.54) is 0 Å². The Morgan fingerprint density at radius 2 is 1.83 bits per heavy atom. The predicted octanol–water partition coefficient (Wildman–Crippen LogP) is 5.39. The smallest absolute Gasteiger partial charge is 0.306 e. The Bertz CT molecular complexity index is 1040. The largest absolute Gasteiger partial charge is 0.481 e. The number of hydrogen-bond donors (Lipinski definition) is 1. The van der Waals surface area contributed by atoms with E-state index in [4.69, 9.17) is 0 Å². The minimum atomic E-state index is -0.753. The van der Waals surface area contributed by atoms with Crippen molar-refractivity contribution >= 4 is 17.8 Å². The number of carboxylic acids is 1. The average molecular weight is 402 g/mol. The molecule has 1 atom stereocenters. The van der Waals surface area contributed by atoms with E-state index in [0.29, 0.717) is 30.6 Å². The van der Waals surface area contributed by atoms with Crippen molar-refractivity contribution in [2.75, 3.05) is 0 Å². The lowest BCUT2D eigenvalue weighted by Crippen LogP contribution is -2.15. The normalized spacial score (nSPS) is 12.2. The molecule has 4 heteroatoms. The molecule has 30 heavy (non-hydrogen) atoms. The Morgan fingerprint density at radius 3 is 2.53 bits per heavy atom. The highest BCUT2D eigenvalue weighted by molar-refractivity contribution is 6.08. The standard InChI is InChI=1S/C26H27NO3/c1-3-22(26(29)30)18-21-8-4-7-20(17-21)9-5-15-27-16-6-10-24(27)25(28)23-13-11-19(2)12-14-23/h4-14,16-17,22H,3,15,18H2,1-2H3,(H,29,30)/b9-5+. The van der Waals surface area contributed by atoms with Gasteiger partial charge in [-0.1, -0.05) is 73.2 Å². The van der Waals surface area contributed by atoms with Crippen LogP contribution in [-0.2, 0) is 17.8 Å². The second-order valence-corrected chi connectivity index (χ2v) is 7.54. The summed E-state index contributed by atoms with van der Waals surface area (Å²) >= 11 is 0. The third-order valence-corrected chi connectivity index (χ3v) is 5.26. The second kappa shape index (κ2) is 9.88. The fraction of sp³-hybridized carbons (Fsp3) is 0.231. The first kappa shape index (κ1) is 21.3. The molecule has 4 nitrogen and oxygen atoms in total. The fourth-order valence-electron chi connectivity index (χ4n) is 3.45. The fourth-order valence-corrected chi connectivity index (χ4v) is 3.45. The maximum atomic E-state index is 12.8. The second-order valence-electron chi connectivity index (χ2n) is 7.54. The molecule has 0 bridgehead atoms. The Morgan fingerprint density at radius 1 is 1.07 bits per heavy atom. The van der Waals surface area contributed by atoms with E-state index in [-0.39, 0.29) is 11.7 Å². The first-order valence-corrected chi connectivity index (χ1v) is 10.2. The molecule has 1 aromatic heterocycles. The first-order chi connectivity index (χ1) is 14.5. The van der Waals surface area contributed by atoms with Crippen LogP contribution >= 0.6 is 0 Å². The third kappa shape index (κ3) is 5.35. The molecule has 1 N–H and O–H groups in total. The number of carboxylic acid groups (broad SMARTS) is 1. The van der Waals surface area contributed by atoms with Crippen LogP contribution in [0, 0.1) is 12.8 Å². The summed E-state index contributed by atoms with van der Waals surface area (Å²) in [7, 11) is 0. The van der Waals surface area contributed by atoms with Gasteiger partial charge in [0.1, 0.15) is 0 Å². The molecule has 0 saturated carbocycles. The van der Waals surface area contributed by atoms with Gasteiger partial charge in [-0.2, -0.15) is 0 Å². The van der Waals surface area contributed by atoms with Gasteiger partial charge in [-0.3, -0.25) is 9.59 Å². The number of aryl methyl sites for hydroxylation is 1. The number of carbonyl (C=O) groups is 2. The Kier molecular flexibility index (Phi) is 7.02. The topological polar surface area (TPSA) is 59.3 Å². The lowest BCUT2D eigenvalue weighted by Gasteiger charge is -2.10. The van der Waals surface area contributed by atoms with Gasteiger partial charge in [0.15, 0.2) is 0 Å². The first-order valence-electron chi connectivity index (χ1n) is 10.2. The van der Waals surface area contributed by atoms with Crippen LogP contribution in [0.4, 0.5) is 0 Å². The van der Waals surface area contributed by atoms with Crippen LogP contribution < -0.4 is 0 Å². The number of aromatic nitrogens is 1. The van der Waals surface area contributed by atoms with E-state index in [1.54, 1.807) is 0 Å². The van der Waals surface area contributed by atoms with Crippen molar-refractivity contribution in [1.82, 2.24) is 4.57 Å². The highest BCUT2D eigenvalue weighted by Crippen LogP contribution is 2.16. The van der Waals surface area contributed by atoms with E-state index in [1.807, 2.05) is 97.4 Å². The maximum Gasteiger partial charge on any atom is 0.306 e. The van der Waals surface area contributed by atoms with Crippen molar-refractivity contribution in [3.63, 3.8) is 0 Å². The molecule has 0 radical (unpaired) electrons. The number of carbonyl (C=O) groups excluding carboxylic acids is 1. The van der Waals surface area contributed by atoms with Crippen LogP contribution in [0.25, 0.3) is 6.08 Å². The van der Waals surface area contributed by atoms with Crippen molar-refractivity contribution in [3.05, 3.63) is 101 Å². The predicted molar refractivity (Wildman–Crippen MR) is 120 cm³/mol. The van der Waals surface area contributed by atoms with Gasteiger partial charge in [0.25, 0.3) is 0 Å². The Labute approximate surface area is 177 Å². The van der Waals surface area contributed by atoms with Crippen molar-refractivity contribution in [2.45, 2.75) is 33.2 Å². The highest BCUT2D eigenvalue weighted by Gasteiger charge is 2.15. The molecule has 0 saturated heterocycles. The summed E-state index contributed by atoms with van der Waals surface area (Å²) in [6, 6.07) is 19.3. The molecule has 3 rings (SSSR count). The van der Waals surface area contributed by atoms with E-state index in [2.05, 4.69) is 0 Å². The molecule has 3 aromatic rings. The molecule has 154 valence electrons. The average Bonchev–Trinajstić information content (AvgIpc) is 3.20. The van der Waals surface area contributed by atoms with Gasteiger partial charge in [0.05, 0.1) is 11.6 Å². The van der Waals surface area contributed by atoms with Crippen LogP contribution in [0.3, 0.4) is 0 Å². The lowest BCUT2D eigenvalue weighted by atomic mass is 9.96. The van der Waals surface area contributed by atoms with Gasteiger partial charge in [-0.25, -0.2) is 0 Å². The van der Waals surface area contributed by atoms with E-state index in [9.17, 15) is 14.7 Å². The van der Waals surface area contributed by atoms with Gasteiger partial charge >= 0.3 is 5.97 Å². The molecule has 0 aliphatic heterocycles. The zero-order chi connectivity index (χ0) is 21.5. The summed E-state index contributed by atoms with van der Waals surface area (Å²) in [6.07, 6.45) is 7.06. The monoisotopic (exact) mass is 401 g/mol. The van der Waals surface area contributed by atoms with Crippen molar-refractivity contribution in [3.8, 4) is 0 Å². The quantitative estimate of drug-likeness (QED) is 0.489. The minimum Gasteiger partial charge on any atom is -0.481 e. The molecule has 0 aliphatic rings. The summed E-state index contributed by atoms with van der Waals surface area (Å²) in [6.45, 7) is 4.48. The van der Waals surface area contributed by atoms with Crippen molar-refractivity contribution < 1.29 is 14.7 Å². The number of ketones is 1. The minimum absolute atomic E-state index is 0.00896. The molecule has 0 spiro atoms. The Balaban J connectivity index is 1.69. The zero-order valence-electron chi connectivity index (χ0n) is 17.4. The summed E-state index contributed by atoms with van der Waals surface area (Å²) in [5, 5.41) is 9.27.